The average Bonchev–Trinajstić information content (AvgIpc) is 2.75. The molecule has 0 bridgehead atoms. The van der Waals surface area contributed by atoms with Crippen molar-refractivity contribution in [3.05, 3.63) is 54.2 Å². The summed E-state index contributed by atoms with van der Waals surface area (Å²) in [7, 11) is 0. The number of carbonyl (C=O) groups is 2. The number of nitrogens with zero attached hydrogens (tertiary/aromatic N) is 2. The smallest absolute Gasteiger partial charge is 0.247 e. The molecule has 1 atom stereocenters. The van der Waals surface area contributed by atoms with E-state index in [0.29, 0.717) is 11.1 Å². The zero-order valence-corrected chi connectivity index (χ0v) is 12.0. The third kappa shape index (κ3) is 2.71. The summed E-state index contributed by atoms with van der Waals surface area (Å²) in [5.74, 6) is -2.74. The molecule has 4 nitrogen and oxygen atoms in total. The van der Waals surface area contributed by atoms with Crippen molar-refractivity contribution in [1.29, 1.82) is 0 Å². The number of carbonyl (C=O) groups excluding carboxylic acids is 2. The van der Waals surface area contributed by atoms with Crippen LogP contribution in [0.25, 0.3) is 0 Å². The Morgan fingerprint density at radius 1 is 1.18 bits per heavy atom. The maximum atomic E-state index is 13.8. The minimum Gasteiger partial charge on any atom is -0.274 e. The van der Waals surface area contributed by atoms with E-state index < -0.39 is 28.7 Å². The van der Waals surface area contributed by atoms with Gasteiger partial charge in [0.05, 0.1) is 16.0 Å². The molecule has 0 spiro atoms. The molecule has 7 heteroatoms. The molecular weight excluding hydrogens is 310 g/mol. The number of halogens is 2. The minimum atomic E-state index is -0.940. The Balaban J connectivity index is 1.85. The molecule has 112 valence electrons. The first-order valence-electron chi connectivity index (χ1n) is 6.46. The molecule has 0 aliphatic carbocycles. The van der Waals surface area contributed by atoms with Crippen LogP contribution in [-0.2, 0) is 9.59 Å². The summed E-state index contributed by atoms with van der Waals surface area (Å²) in [5.41, 5.74) is -0.222. The molecule has 0 saturated carbocycles. The average molecular weight is 320 g/mol. The van der Waals surface area contributed by atoms with Gasteiger partial charge in [-0.05, 0) is 24.3 Å². The lowest BCUT2D eigenvalue weighted by molar-refractivity contribution is -0.121. The molecule has 1 aromatic carbocycles. The number of hydrogen-bond acceptors (Lipinski definition) is 4. The molecule has 1 unspecified atom stereocenters. The lowest BCUT2D eigenvalue weighted by Crippen LogP contribution is -2.31. The number of rotatable bonds is 3. The lowest BCUT2D eigenvalue weighted by Gasteiger charge is -2.15. The van der Waals surface area contributed by atoms with Crippen LogP contribution in [0.5, 0.6) is 0 Å². The maximum absolute atomic E-state index is 13.8. The topological polar surface area (TPSA) is 50.3 Å². The van der Waals surface area contributed by atoms with Crippen molar-refractivity contribution in [2.45, 2.75) is 16.7 Å². The van der Waals surface area contributed by atoms with E-state index in [-0.39, 0.29) is 12.1 Å². The fourth-order valence-corrected chi connectivity index (χ4v) is 3.18. The quantitative estimate of drug-likeness (QED) is 0.816. The summed E-state index contributed by atoms with van der Waals surface area (Å²) < 4.78 is 26.7. The van der Waals surface area contributed by atoms with Crippen molar-refractivity contribution in [3.63, 3.8) is 0 Å². The first kappa shape index (κ1) is 14.6. The molecule has 22 heavy (non-hydrogen) atoms. The zero-order chi connectivity index (χ0) is 15.7. The van der Waals surface area contributed by atoms with Gasteiger partial charge >= 0.3 is 0 Å². The molecule has 2 amide bonds. The first-order valence-corrected chi connectivity index (χ1v) is 7.34. The third-order valence-corrected chi connectivity index (χ3v) is 4.29. The second-order valence-corrected chi connectivity index (χ2v) is 5.86. The van der Waals surface area contributed by atoms with Crippen LogP contribution in [-0.4, -0.2) is 22.0 Å². The molecule has 1 aliphatic rings. The van der Waals surface area contributed by atoms with E-state index in [2.05, 4.69) is 4.98 Å². The molecule has 2 aromatic rings. The van der Waals surface area contributed by atoms with Crippen molar-refractivity contribution >= 4 is 29.3 Å². The van der Waals surface area contributed by atoms with Gasteiger partial charge in [-0.1, -0.05) is 17.8 Å². The zero-order valence-electron chi connectivity index (χ0n) is 11.2. The number of aromatic nitrogens is 1. The standard InChI is InChI=1S/C15H10F2N2O2S/c16-9-4-5-11(10(17)7-9)19-14(20)8-12(15(19)21)22-13-3-1-2-6-18-13/h1-7,12H,8H2. The number of hydrogen-bond donors (Lipinski definition) is 0. The molecule has 1 aromatic heterocycles. The maximum Gasteiger partial charge on any atom is 0.247 e. The number of amides is 2. The molecule has 0 N–H and O–H groups in total. The fraction of sp³-hybridized carbons (Fsp3) is 0.133. The number of thioether (sulfide) groups is 1. The second-order valence-electron chi connectivity index (χ2n) is 4.64. The van der Waals surface area contributed by atoms with Gasteiger partial charge in [-0.15, -0.1) is 0 Å². The van der Waals surface area contributed by atoms with Gasteiger partial charge in [0.15, 0.2) is 0 Å². The van der Waals surface area contributed by atoms with Gasteiger partial charge in [0, 0.05) is 18.7 Å². The van der Waals surface area contributed by atoms with E-state index in [9.17, 15) is 18.4 Å². The molecule has 1 fully saturated rings. The summed E-state index contributed by atoms with van der Waals surface area (Å²) in [6.45, 7) is 0. The lowest BCUT2D eigenvalue weighted by atomic mass is 10.2. The normalized spacial score (nSPS) is 18.1. The van der Waals surface area contributed by atoms with Crippen LogP contribution < -0.4 is 4.90 Å². The van der Waals surface area contributed by atoms with Crippen molar-refractivity contribution in [1.82, 2.24) is 4.98 Å². The third-order valence-electron chi connectivity index (χ3n) is 3.16. The second kappa shape index (κ2) is 5.84. The molecule has 2 heterocycles. The molecule has 1 saturated heterocycles. The van der Waals surface area contributed by atoms with Gasteiger partial charge in [-0.2, -0.15) is 0 Å². The molecule has 0 radical (unpaired) electrons. The Morgan fingerprint density at radius 3 is 2.68 bits per heavy atom. The van der Waals surface area contributed by atoms with E-state index in [4.69, 9.17) is 0 Å². The minimum absolute atomic E-state index is 0.0448. The van der Waals surface area contributed by atoms with Crippen molar-refractivity contribution < 1.29 is 18.4 Å². The van der Waals surface area contributed by atoms with Gasteiger partial charge in [0.2, 0.25) is 11.8 Å². The monoisotopic (exact) mass is 320 g/mol. The van der Waals surface area contributed by atoms with Gasteiger partial charge in [0.1, 0.15) is 11.6 Å². The van der Waals surface area contributed by atoms with E-state index >= 15 is 0 Å². The molecule has 3 rings (SSSR count). The Bertz CT molecular complexity index is 740. The van der Waals surface area contributed by atoms with Crippen LogP contribution in [0.2, 0.25) is 0 Å². The summed E-state index contributed by atoms with van der Waals surface area (Å²) in [5, 5.41) is -0.0538. The Morgan fingerprint density at radius 2 is 2.00 bits per heavy atom. The van der Waals surface area contributed by atoms with Crippen LogP contribution in [0.3, 0.4) is 0 Å². The SMILES string of the molecule is O=C1CC(Sc2ccccn2)C(=O)N1c1ccc(F)cc1F. The molecule has 1 aliphatic heterocycles. The van der Waals surface area contributed by atoms with E-state index in [1.807, 2.05) is 0 Å². The highest BCUT2D eigenvalue weighted by atomic mass is 32.2. The number of anilines is 1. The van der Waals surface area contributed by atoms with Crippen LogP contribution in [0.1, 0.15) is 6.42 Å². The first-order chi connectivity index (χ1) is 10.6. The fourth-order valence-electron chi connectivity index (χ4n) is 2.17. The Labute approximate surface area is 129 Å². The predicted molar refractivity (Wildman–Crippen MR) is 77.4 cm³/mol. The van der Waals surface area contributed by atoms with Crippen LogP contribution in [0, 0.1) is 11.6 Å². The highest BCUT2D eigenvalue weighted by Crippen LogP contribution is 2.34. The van der Waals surface area contributed by atoms with Gasteiger partial charge in [-0.3, -0.25) is 9.59 Å². The summed E-state index contributed by atoms with van der Waals surface area (Å²) in [6.07, 6.45) is 1.54. The Hall–Kier alpha value is -2.28. The summed E-state index contributed by atoms with van der Waals surface area (Å²) in [4.78, 5) is 29.2. The summed E-state index contributed by atoms with van der Waals surface area (Å²) in [6, 6.07) is 7.99. The van der Waals surface area contributed by atoms with Crippen molar-refractivity contribution in [3.8, 4) is 0 Å². The van der Waals surface area contributed by atoms with Gasteiger partial charge in [0.25, 0.3) is 0 Å². The number of pyridine rings is 1. The van der Waals surface area contributed by atoms with Crippen molar-refractivity contribution in [2.24, 2.45) is 0 Å². The van der Waals surface area contributed by atoms with Gasteiger partial charge < -0.3 is 0 Å². The van der Waals surface area contributed by atoms with Crippen molar-refractivity contribution in [2.75, 3.05) is 4.90 Å². The van der Waals surface area contributed by atoms with Crippen LogP contribution in [0.15, 0.2) is 47.6 Å². The van der Waals surface area contributed by atoms with E-state index in [1.165, 1.54) is 0 Å². The Kier molecular flexibility index (Phi) is 3.89. The van der Waals surface area contributed by atoms with Crippen LogP contribution in [0.4, 0.5) is 14.5 Å². The van der Waals surface area contributed by atoms with E-state index in [1.54, 1.807) is 24.4 Å². The highest BCUT2D eigenvalue weighted by Gasteiger charge is 2.41. The van der Waals surface area contributed by atoms with Crippen LogP contribution >= 0.6 is 11.8 Å². The number of imide groups is 1. The molecular formula is C15H10F2N2O2S. The number of benzene rings is 1. The largest absolute Gasteiger partial charge is 0.274 e. The van der Waals surface area contributed by atoms with Gasteiger partial charge in [-0.25, -0.2) is 18.7 Å². The highest BCUT2D eigenvalue weighted by molar-refractivity contribution is 8.00. The summed E-state index contributed by atoms with van der Waals surface area (Å²) >= 11 is 1.15. The predicted octanol–water partition coefficient (Wildman–Crippen LogP) is 2.78. The van der Waals surface area contributed by atoms with E-state index in [0.717, 1.165) is 28.8 Å².